The van der Waals surface area contributed by atoms with Crippen molar-refractivity contribution in [2.24, 2.45) is 0 Å². The normalized spacial score (nSPS) is 16.7. The molecule has 0 bridgehead atoms. The molecule has 3 rings (SSSR count). The molecule has 1 heterocycles. The highest BCUT2D eigenvalue weighted by molar-refractivity contribution is 7.89. The van der Waals surface area contributed by atoms with Gasteiger partial charge in [0, 0.05) is 25.7 Å². The number of sulfonamides is 1. The first-order valence-electron chi connectivity index (χ1n) is 8.64. The van der Waals surface area contributed by atoms with E-state index in [-0.39, 0.29) is 17.5 Å². The quantitative estimate of drug-likeness (QED) is 0.840. The third-order valence-electron chi connectivity index (χ3n) is 4.84. The van der Waals surface area contributed by atoms with Gasteiger partial charge in [-0.2, -0.15) is 13.2 Å². The van der Waals surface area contributed by atoms with Gasteiger partial charge in [0.1, 0.15) is 0 Å². The Morgan fingerprint density at radius 1 is 1.07 bits per heavy atom. The van der Waals surface area contributed by atoms with Crippen molar-refractivity contribution in [3.05, 3.63) is 65.2 Å². The summed E-state index contributed by atoms with van der Waals surface area (Å²) in [4.78, 5) is 2.02. The third-order valence-corrected chi connectivity index (χ3v) is 6.28. The van der Waals surface area contributed by atoms with E-state index < -0.39 is 21.8 Å². The molecule has 0 amide bonds. The van der Waals surface area contributed by atoms with E-state index in [2.05, 4.69) is 21.8 Å². The van der Waals surface area contributed by atoms with Gasteiger partial charge in [0.2, 0.25) is 10.0 Å². The van der Waals surface area contributed by atoms with Gasteiger partial charge in [0.25, 0.3) is 0 Å². The van der Waals surface area contributed by atoms with E-state index in [9.17, 15) is 21.6 Å². The van der Waals surface area contributed by atoms with Gasteiger partial charge in [-0.15, -0.1) is 0 Å². The van der Waals surface area contributed by atoms with Crippen LogP contribution in [-0.4, -0.2) is 32.4 Å². The van der Waals surface area contributed by atoms with Crippen molar-refractivity contribution in [2.45, 2.75) is 37.0 Å². The van der Waals surface area contributed by atoms with Crippen molar-refractivity contribution < 1.29 is 21.6 Å². The Morgan fingerprint density at radius 2 is 1.70 bits per heavy atom. The minimum atomic E-state index is -4.49. The molecule has 0 radical (unpaired) electrons. The standard InChI is InChI=1S/C19H21F3N2O2S/c1-14(24-11-10-15-4-2-3-5-16(15)13-24)12-23-27(25,26)18-8-6-17(7-9-18)19(20,21)22/h2-9,14,23H,10-13H2,1H3/t14-/m1/s1. The summed E-state index contributed by atoms with van der Waals surface area (Å²) in [5.74, 6) is 0. The largest absolute Gasteiger partial charge is 0.416 e. The average Bonchev–Trinajstić information content (AvgIpc) is 2.65. The summed E-state index contributed by atoms with van der Waals surface area (Å²) in [6, 6.07) is 11.6. The molecule has 1 atom stereocenters. The number of benzene rings is 2. The monoisotopic (exact) mass is 398 g/mol. The molecule has 8 heteroatoms. The van der Waals surface area contributed by atoms with Crippen LogP contribution in [0.25, 0.3) is 0 Å². The molecule has 4 nitrogen and oxygen atoms in total. The van der Waals surface area contributed by atoms with Gasteiger partial charge in [-0.25, -0.2) is 13.1 Å². The van der Waals surface area contributed by atoms with Crippen LogP contribution in [0.3, 0.4) is 0 Å². The Balaban J connectivity index is 1.62. The van der Waals surface area contributed by atoms with Crippen molar-refractivity contribution >= 4 is 10.0 Å². The van der Waals surface area contributed by atoms with Crippen LogP contribution < -0.4 is 4.72 Å². The minimum absolute atomic E-state index is 0.0393. The van der Waals surface area contributed by atoms with Crippen LogP contribution >= 0.6 is 0 Å². The summed E-state index contributed by atoms with van der Waals surface area (Å²) in [6.07, 6.45) is -3.58. The van der Waals surface area contributed by atoms with Gasteiger partial charge in [0.15, 0.2) is 0 Å². The van der Waals surface area contributed by atoms with Crippen LogP contribution in [0.1, 0.15) is 23.6 Å². The zero-order valence-electron chi connectivity index (χ0n) is 14.8. The van der Waals surface area contributed by atoms with Gasteiger partial charge >= 0.3 is 6.18 Å². The van der Waals surface area contributed by atoms with Crippen molar-refractivity contribution in [1.29, 1.82) is 0 Å². The van der Waals surface area contributed by atoms with E-state index in [4.69, 9.17) is 0 Å². The van der Waals surface area contributed by atoms with Crippen LogP contribution in [0.5, 0.6) is 0 Å². The Labute approximate surface area is 157 Å². The first-order valence-corrected chi connectivity index (χ1v) is 10.1. The average molecular weight is 398 g/mol. The smallest absolute Gasteiger partial charge is 0.295 e. The van der Waals surface area contributed by atoms with Crippen molar-refractivity contribution in [2.75, 3.05) is 13.1 Å². The summed E-state index contributed by atoms with van der Waals surface area (Å²) in [5, 5.41) is 0. The van der Waals surface area contributed by atoms with Gasteiger partial charge in [-0.05, 0) is 48.7 Å². The fourth-order valence-electron chi connectivity index (χ4n) is 3.16. The maximum absolute atomic E-state index is 12.6. The number of alkyl halides is 3. The van der Waals surface area contributed by atoms with Crippen LogP contribution in [0, 0.1) is 0 Å². The minimum Gasteiger partial charge on any atom is -0.295 e. The number of halogens is 3. The Hall–Kier alpha value is -1.90. The van der Waals surface area contributed by atoms with Crippen molar-refractivity contribution in [1.82, 2.24) is 9.62 Å². The molecular weight excluding hydrogens is 377 g/mol. The first kappa shape index (κ1) is 19.9. The van der Waals surface area contributed by atoms with E-state index in [0.29, 0.717) is 0 Å². The lowest BCUT2D eigenvalue weighted by Crippen LogP contribution is -2.44. The maximum atomic E-state index is 12.6. The molecule has 146 valence electrons. The second kappa shape index (κ2) is 7.61. The van der Waals surface area contributed by atoms with Gasteiger partial charge in [-0.1, -0.05) is 24.3 Å². The fourth-order valence-corrected chi connectivity index (χ4v) is 4.28. The molecule has 0 spiro atoms. The third kappa shape index (κ3) is 4.69. The van der Waals surface area contributed by atoms with Crippen molar-refractivity contribution in [3.8, 4) is 0 Å². The highest BCUT2D eigenvalue weighted by Gasteiger charge is 2.30. The molecule has 0 aliphatic carbocycles. The Bertz CT molecular complexity index is 896. The summed E-state index contributed by atoms with van der Waals surface area (Å²) in [6.45, 7) is 3.70. The molecule has 0 unspecified atom stereocenters. The lowest BCUT2D eigenvalue weighted by Gasteiger charge is -2.33. The number of hydrogen-bond donors (Lipinski definition) is 1. The molecule has 1 aliphatic heterocycles. The van der Waals surface area contributed by atoms with Crippen LogP contribution in [0.15, 0.2) is 53.4 Å². The zero-order valence-corrected chi connectivity index (χ0v) is 15.6. The van der Waals surface area contributed by atoms with E-state index in [0.717, 1.165) is 43.8 Å². The summed E-state index contributed by atoms with van der Waals surface area (Å²) in [5.41, 5.74) is 1.68. The zero-order chi connectivity index (χ0) is 19.7. The molecular formula is C19H21F3N2O2S. The molecule has 0 fully saturated rings. The van der Waals surface area contributed by atoms with E-state index in [1.807, 2.05) is 19.1 Å². The molecule has 0 saturated carbocycles. The summed E-state index contributed by atoms with van der Waals surface area (Å²) < 4.78 is 65.1. The second-order valence-electron chi connectivity index (χ2n) is 6.71. The molecule has 2 aromatic rings. The topological polar surface area (TPSA) is 49.4 Å². The van der Waals surface area contributed by atoms with E-state index in [1.165, 1.54) is 11.1 Å². The number of rotatable bonds is 5. The fraction of sp³-hybridized carbons (Fsp3) is 0.368. The van der Waals surface area contributed by atoms with Gasteiger partial charge in [0.05, 0.1) is 10.5 Å². The molecule has 0 saturated heterocycles. The van der Waals surface area contributed by atoms with Gasteiger partial charge < -0.3 is 0 Å². The summed E-state index contributed by atoms with van der Waals surface area (Å²) >= 11 is 0. The Morgan fingerprint density at radius 3 is 2.33 bits per heavy atom. The SMILES string of the molecule is C[C@H](CNS(=O)(=O)c1ccc(C(F)(F)F)cc1)N1CCc2ccccc2C1. The molecule has 27 heavy (non-hydrogen) atoms. The van der Waals surface area contributed by atoms with Gasteiger partial charge in [-0.3, -0.25) is 4.90 Å². The first-order chi connectivity index (χ1) is 12.7. The second-order valence-corrected chi connectivity index (χ2v) is 8.48. The number of nitrogens with zero attached hydrogens (tertiary/aromatic N) is 1. The van der Waals surface area contributed by atoms with Crippen LogP contribution in [0.4, 0.5) is 13.2 Å². The van der Waals surface area contributed by atoms with Crippen LogP contribution in [0.2, 0.25) is 0 Å². The summed E-state index contributed by atoms with van der Waals surface area (Å²) in [7, 11) is -3.86. The molecule has 1 N–H and O–H groups in total. The van der Waals surface area contributed by atoms with E-state index >= 15 is 0 Å². The lowest BCUT2D eigenvalue weighted by molar-refractivity contribution is -0.137. The number of hydrogen-bond acceptors (Lipinski definition) is 3. The van der Waals surface area contributed by atoms with Crippen LogP contribution in [-0.2, 0) is 29.2 Å². The highest BCUT2D eigenvalue weighted by atomic mass is 32.2. The van der Waals surface area contributed by atoms with Crippen molar-refractivity contribution in [3.63, 3.8) is 0 Å². The van der Waals surface area contributed by atoms with E-state index in [1.54, 1.807) is 0 Å². The highest BCUT2D eigenvalue weighted by Crippen LogP contribution is 2.29. The molecule has 1 aliphatic rings. The Kier molecular flexibility index (Phi) is 5.60. The lowest BCUT2D eigenvalue weighted by atomic mass is 9.99. The predicted molar refractivity (Wildman–Crippen MR) is 96.7 cm³/mol. The molecule has 0 aromatic heterocycles. The number of fused-ring (bicyclic) bond motifs is 1. The number of nitrogens with one attached hydrogen (secondary N) is 1. The molecule has 2 aromatic carbocycles. The predicted octanol–water partition coefficient (Wildman–Crippen LogP) is 3.43. The maximum Gasteiger partial charge on any atom is 0.416 e.